The summed E-state index contributed by atoms with van der Waals surface area (Å²) in [6.45, 7) is -0.292. The highest BCUT2D eigenvalue weighted by atomic mass is 32.1. The van der Waals surface area contributed by atoms with Gasteiger partial charge in [-0.15, -0.1) is 11.3 Å². The number of fused-ring (bicyclic) bond motifs is 1. The number of thiophene rings is 1. The van der Waals surface area contributed by atoms with E-state index in [9.17, 15) is 26.3 Å². The number of anilines is 3. The van der Waals surface area contributed by atoms with E-state index >= 15 is 0 Å². The van der Waals surface area contributed by atoms with E-state index < -0.39 is 25.0 Å². The molecule has 7 nitrogen and oxygen atoms in total. The lowest BCUT2D eigenvalue weighted by Gasteiger charge is -2.39. The summed E-state index contributed by atoms with van der Waals surface area (Å²) in [6.07, 6.45) is -1.64. The van der Waals surface area contributed by atoms with Crippen LogP contribution in [0.5, 0.6) is 5.75 Å². The van der Waals surface area contributed by atoms with Gasteiger partial charge in [-0.25, -0.2) is 4.39 Å². The van der Waals surface area contributed by atoms with Crippen LogP contribution in [-0.4, -0.2) is 80.9 Å². The predicted octanol–water partition coefficient (Wildman–Crippen LogP) is 6.67. The molecule has 46 heavy (non-hydrogen) atoms. The fraction of sp³-hybridized carbons (Fsp3) is 0.500. The first-order valence-corrected chi connectivity index (χ1v) is 16.0. The molecule has 1 aromatic heterocycles. The molecule has 0 amide bonds. The molecule has 1 aliphatic heterocycles. The van der Waals surface area contributed by atoms with E-state index in [1.54, 1.807) is 12.1 Å². The van der Waals surface area contributed by atoms with Crippen molar-refractivity contribution in [2.24, 2.45) is 0 Å². The molecule has 4 N–H and O–H groups in total. The maximum Gasteiger partial charge on any atom is 0.393 e. The van der Waals surface area contributed by atoms with Crippen LogP contribution >= 0.6 is 11.3 Å². The number of alkyl halides is 5. The first-order chi connectivity index (χ1) is 22.1. The van der Waals surface area contributed by atoms with Crippen LogP contribution in [0.3, 0.4) is 0 Å². The molecule has 3 aromatic rings. The maximum absolute atomic E-state index is 14.5. The molecular weight excluding hydrogens is 634 g/mol. The lowest BCUT2D eigenvalue weighted by atomic mass is 9.89. The first kappa shape index (κ1) is 34.0. The van der Waals surface area contributed by atoms with Crippen molar-refractivity contribution in [1.29, 1.82) is 0 Å². The topological polar surface area (TPSA) is 78.0 Å². The van der Waals surface area contributed by atoms with Crippen LogP contribution in [0.2, 0.25) is 0 Å². The third-order valence-corrected chi connectivity index (χ3v) is 9.29. The highest BCUT2D eigenvalue weighted by molar-refractivity contribution is 7.20. The minimum atomic E-state index is -4.46. The Morgan fingerprint density at radius 3 is 2.50 bits per heavy atom. The number of benzene rings is 2. The summed E-state index contributed by atoms with van der Waals surface area (Å²) in [5.74, 6) is 4.45. The van der Waals surface area contributed by atoms with E-state index in [4.69, 9.17) is 9.84 Å². The molecule has 1 saturated heterocycles. The number of hydrogen-bond acceptors (Lipinski definition) is 8. The zero-order valence-electron chi connectivity index (χ0n) is 25.0. The average molecular weight is 671 g/mol. The summed E-state index contributed by atoms with van der Waals surface area (Å²) in [7, 11) is 0. The summed E-state index contributed by atoms with van der Waals surface area (Å²) in [5.41, 5.74) is 0.596. The predicted molar refractivity (Wildman–Crippen MR) is 168 cm³/mol. The summed E-state index contributed by atoms with van der Waals surface area (Å²) < 4.78 is 92.3. The fourth-order valence-electron chi connectivity index (χ4n) is 5.98. The summed E-state index contributed by atoms with van der Waals surface area (Å²) in [6, 6.07) is 7.98. The molecule has 0 spiro atoms. The Bertz CT molecular complexity index is 1530. The molecule has 5 rings (SSSR count). The van der Waals surface area contributed by atoms with Crippen molar-refractivity contribution in [2.45, 2.75) is 57.0 Å². The van der Waals surface area contributed by atoms with E-state index in [0.29, 0.717) is 16.1 Å². The van der Waals surface area contributed by atoms with E-state index in [0.717, 1.165) is 69.8 Å². The van der Waals surface area contributed by atoms with Gasteiger partial charge in [0.25, 0.3) is 0 Å². The van der Waals surface area contributed by atoms with Gasteiger partial charge in [-0.05, 0) is 42.7 Å². The molecule has 1 aliphatic carbocycles. The van der Waals surface area contributed by atoms with Crippen molar-refractivity contribution in [3.05, 3.63) is 46.6 Å². The monoisotopic (exact) mass is 670 g/mol. The van der Waals surface area contributed by atoms with E-state index in [1.807, 2.05) is 6.07 Å². The van der Waals surface area contributed by atoms with Crippen LogP contribution in [0.25, 0.3) is 10.1 Å². The molecule has 2 aromatic carbocycles. The van der Waals surface area contributed by atoms with Crippen molar-refractivity contribution in [1.82, 2.24) is 4.90 Å². The summed E-state index contributed by atoms with van der Waals surface area (Å²) in [4.78, 5) is 2.73. The van der Waals surface area contributed by atoms with E-state index in [1.165, 1.54) is 11.3 Å². The van der Waals surface area contributed by atoms with Gasteiger partial charge >= 0.3 is 12.8 Å². The van der Waals surface area contributed by atoms with Crippen molar-refractivity contribution in [3.8, 4) is 17.6 Å². The number of aliphatic hydroxyl groups excluding tert-OH is 1. The van der Waals surface area contributed by atoms with Crippen molar-refractivity contribution in [3.63, 3.8) is 0 Å². The zero-order chi connectivity index (χ0) is 32.7. The van der Waals surface area contributed by atoms with Crippen LogP contribution in [0, 0.1) is 17.7 Å². The Hall–Kier alpha value is -3.38. The van der Waals surface area contributed by atoms with Crippen molar-refractivity contribution >= 4 is 38.5 Å². The van der Waals surface area contributed by atoms with Gasteiger partial charge in [0.15, 0.2) is 5.75 Å². The number of hydrogen-bond donors (Lipinski definition) is 4. The van der Waals surface area contributed by atoms with Crippen LogP contribution in [0.15, 0.2) is 30.3 Å². The minimum Gasteiger partial charge on any atom is -0.433 e. The van der Waals surface area contributed by atoms with Gasteiger partial charge in [0.2, 0.25) is 0 Å². The number of nitrogens with zero attached hydrogens (tertiary/aromatic N) is 1. The van der Waals surface area contributed by atoms with Gasteiger partial charge in [0.1, 0.15) is 5.82 Å². The summed E-state index contributed by atoms with van der Waals surface area (Å²) >= 11 is 1.17. The van der Waals surface area contributed by atoms with Crippen molar-refractivity contribution in [2.75, 3.05) is 62.0 Å². The molecule has 250 valence electrons. The molecule has 2 aliphatic rings. The lowest BCUT2D eigenvalue weighted by molar-refractivity contribution is -0.126. The third kappa shape index (κ3) is 8.90. The normalized spacial score (nSPS) is 19.1. The van der Waals surface area contributed by atoms with Crippen molar-refractivity contribution < 1.29 is 40.9 Å². The van der Waals surface area contributed by atoms with Crippen LogP contribution in [0.1, 0.15) is 36.1 Å². The van der Waals surface area contributed by atoms with Crippen LogP contribution in [0.4, 0.5) is 43.4 Å². The second kappa shape index (κ2) is 15.5. The fourth-order valence-corrected chi connectivity index (χ4v) is 7.15. The number of nitrogens with one attached hydrogen (secondary N) is 3. The van der Waals surface area contributed by atoms with E-state index in [-0.39, 0.29) is 53.3 Å². The Balaban J connectivity index is 1.33. The number of aliphatic hydroxyl groups is 1. The Kier molecular flexibility index (Phi) is 11.4. The first-order valence-electron chi connectivity index (χ1n) is 15.2. The Morgan fingerprint density at radius 1 is 1.04 bits per heavy atom. The molecule has 2 heterocycles. The van der Waals surface area contributed by atoms with Gasteiger partial charge in [-0.2, -0.15) is 22.0 Å². The molecule has 2 fully saturated rings. The smallest absolute Gasteiger partial charge is 0.393 e. The van der Waals surface area contributed by atoms with E-state index in [2.05, 4.69) is 37.4 Å². The second-order valence-corrected chi connectivity index (χ2v) is 12.2. The van der Waals surface area contributed by atoms with Gasteiger partial charge in [0.05, 0.1) is 59.4 Å². The quantitative estimate of drug-likeness (QED) is 0.134. The zero-order valence-corrected chi connectivity index (χ0v) is 25.8. The number of rotatable bonds is 11. The highest BCUT2D eigenvalue weighted by Gasteiger charge is 2.32. The average Bonchev–Trinajstić information content (AvgIpc) is 3.36. The third-order valence-electron chi connectivity index (χ3n) is 8.10. The van der Waals surface area contributed by atoms with Gasteiger partial charge in [-0.1, -0.05) is 24.0 Å². The molecule has 0 unspecified atom stereocenters. The van der Waals surface area contributed by atoms with Crippen LogP contribution in [-0.2, 0) is 11.2 Å². The Labute approximate surface area is 267 Å². The van der Waals surface area contributed by atoms with Gasteiger partial charge < -0.3 is 30.5 Å². The summed E-state index contributed by atoms with van der Waals surface area (Å²) in [5, 5.41) is 18.3. The Morgan fingerprint density at radius 2 is 1.80 bits per heavy atom. The number of ether oxygens (including phenoxy) is 2. The molecule has 0 bridgehead atoms. The molecule has 1 saturated carbocycles. The largest absolute Gasteiger partial charge is 0.433 e. The second-order valence-electron chi connectivity index (χ2n) is 11.2. The molecule has 14 heteroatoms. The number of morpholine rings is 1. The van der Waals surface area contributed by atoms with Gasteiger partial charge in [-0.3, -0.25) is 4.90 Å². The molecule has 0 atom stereocenters. The number of halogens is 6. The van der Waals surface area contributed by atoms with Gasteiger partial charge in [0, 0.05) is 43.9 Å². The SMILES string of the molecule is OCCNc1cc(OC(F)F)c(NCC#Cc2sc3c(NC4CCC(N5CCOCC5)CC4)cccc3c2CC(F)(F)F)cc1F. The lowest BCUT2D eigenvalue weighted by Crippen LogP contribution is -2.46. The molecular formula is C32H36F6N4O3S. The standard InChI is InChI=1S/C32H36F6N4O3S/c33-24-17-27(28(45-31(34)35)18-26(24)40-11-14-43)39-10-2-5-29-23(19-32(36,37)38)22-3-1-4-25(30(22)46-29)41-20-6-8-21(9-7-20)42-12-15-44-16-13-42/h1,3-4,17-18,20-21,31,39-41,43H,6-16,19H2. The molecule has 0 radical (unpaired) electrons. The van der Waals surface area contributed by atoms with Crippen LogP contribution < -0.4 is 20.7 Å². The highest BCUT2D eigenvalue weighted by Crippen LogP contribution is 2.40. The maximum atomic E-state index is 14.5. The minimum absolute atomic E-state index is 0.00794.